The summed E-state index contributed by atoms with van der Waals surface area (Å²) in [5.74, 6) is 0.0182. The average Bonchev–Trinajstić information content (AvgIpc) is 2.17. The van der Waals surface area contributed by atoms with E-state index >= 15 is 0 Å². The SMILES string of the molecule is COc1ccccc1S[C@@H](C)CC(=O)O. The molecule has 3 nitrogen and oxygen atoms in total. The van der Waals surface area contributed by atoms with Gasteiger partial charge in [-0.25, -0.2) is 0 Å². The molecule has 0 aliphatic rings. The fourth-order valence-electron chi connectivity index (χ4n) is 1.22. The lowest BCUT2D eigenvalue weighted by molar-refractivity contribution is -0.136. The van der Waals surface area contributed by atoms with Gasteiger partial charge in [-0.3, -0.25) is 4.79 Å². The van der Waals surface area contributed by atoms with Gasteiger partial charge in [0.15, 0.2) is 0 Å². The topological polar surface area (TPSA) is 46.5 Å². The van der Waals surface area contributed by atoms with Crippen molar-refractivity contribution in [2.75, 3.05) is 7.11 Å². The molecular formula is C11H14O3S. The Hall–Kier alpha value is -1.16. The monoisotopic (exact) mass is 226 g/mol. The van der Waals surface area contributed by atoms with Crippen molar-refractivity contribution < 1.29 is 14.6 Å². The Balaban J connectivity index is 2.67. The minimum absolute atomic E-state index is 0.0406. The molecule has 0 bridgehead atoms. The molecular weight excluding hydrogens is 212 g/mol. The average molecular weight is 226 g/mol. The molecule has 0 aliphatic heterocycles. The van der Waals surface area contributed by atoms with E-state index in [4.69, 9.17) is 9.84 Å². The Labute approximate surface area is 93.4 Å². The standard InChI is InChI=1S/C11H14O3S/c1-8(7-11(12)13)15-10-6-4-3-5-9(10)14-2/h3-6,8H,7H2,1-2H3,(H,12,13)/t8-/m0/s1. The lowest BCUT2D eigenvalue weighted by atomic mass is 10.3. The maximum atomic E-state index is 10.5. The van der Waals surface area contributed by atoms with Gasteiger partial charge in [-0.1, -0.05) is 19.1 Å². The van der Waals surface area contributed by atoms with Gasteiger partial charge in [0.1, 0.15) is 5.75 Å². The Morgan fingerprint density at radius 2 is 2.20 bits per heavy atom. The molecule has 0 fully saturated rings. The molecule has 0 saturated carbocycles. The van der Waals surface area contributed by atoms with Gasteiger partial charge in [-0.05, 0) is 12.1 Å². The van der Waals surface area contributed by atoms with Crippen molar-refractivity contribution in [2.24, 2.45) is 0 Å². The number of thioether (sulfide) groups is 1. The normalized spacial score (nSPS) is 12.1. The zero-order chi connectivity index (χ0) is 11.3. The molecule has 0 aliphatic carbocycles. The van der Waals surface area contributed by atoms with E-state index in [2.05, 4.69) is 0 Å². The molecule has 1 aromatic rings. The lowest BCUT2D eigenvalue weighted by Crippen LogP contribution is -2.05. The van der Waals surface area contributed by atoms with Crippen LogP contribution >= 0.6 is 11.8 Å². The predicted octanol–water partition coefficient (Wildman–Crippen LogP) is 2.65. The smallest absolute Gasteiger partial charge is 0.304 e. The van der Waals surface area contributed by atoms with E-state index in [9.17, 15) is 4.79 Å². The molecule has 0 radical (unpaired) electrons. The van der Waals surface area contributed by atoms with Gasteiger partial charge >= 0.3 is 5.97 Å². The molecule has 15 heavy (non-hydrogen) atoms. The maximum Gasteiger partial charge on any atom is 0.304 e. The molecule has 0 aromatic heterocycles. The quantitative estimate of drug-likeness (QED) is 0.784. The van der Waals surface area contributed by atoms with Crippen LogP contribution in [0.5, 0.6) is 5.75 Å². The number of carboxylic acid groups (broad SMARTS) is 1. The lowest BCUT2D eigenvalue weighted by Gasteiger charge is -2.11. The first kappa shape index (κ1) is 11.9. The van der Waals surface area contributed by atoms with E-state index < -0.39 is 5.97 Å². The third-order valence-corrected chi connectivity index (χ3v) is 3.02. The molecule has 82 valence electrons. The summed E-state index contributed by atoms with van der Waals surface area (Å²) < 4.78 is 5.18. The number of ether oxygens (including phenoxy) is 1. The summed E-state index contributed by atoms with van der Waals surface area (Å²) in [6, 6.07) is 7.61. The first-order valence-corrected chi connectivity index (χ1v) is 5.53. The summed E-state index contributed by atoms with van der Waals surface area (Å²) in [5, 5.41) is 8.68. The molecule has 1 N–H and O–H groups in total. The van der Waals surface area contributed by atoms with Crippen molar-refractivity contribution in [1.29, 1.82) is 0 Å². The number of para-hydroxylation sites is 1. The second kappa shape index (κ2) is 5.66. The number of carboxylic acids is 1. The second-order valence-electron chi connectivity index (χ2n) is 3.18. The maximum absolute atomic E-state index is 10.5. The summed E-state index contributed by atoms with van der Waals surface area (Å²) in [6.45, 7) is 1.89. The van der Waals surface area contributed by atoms with Crippen LogP contribution in [0.15, 0.2) is 29.2 Å². The van der Waals surface area contributed by atoms with Crippen molar-refractivity contribution in [3.8, 4) is 5.75 Å². The van der Waals surface area contributed by atoms with Gasteiger partial charge in [-0.2, -0.15) is 0 Å². The summed E-state index contributed by atoms with van der Waals surface area (Å²) in [5.41, 5.74) is 0. The van der Waals surface area contributed by atoms with Crippen molar-refractivity contribution in [1.82, 2.24) is 0 Å². The van der Waals surface area contributed by atoms with Crippen LogP contribution in [0.25, 0.3) is 0 Å². The summed E-state index contributed by atoms with van der Waals surface area (Å²) >= 11 is 1.52. The van der Waals surface area contributed by atoms with Crippen molar-refractivity contribution in [3.05, 3.63) is 24.3 Å². The van der Waals surface area contributed by atoms with Crippen LogP contribution in [-0.4, -0.2) is 23.4 Å². The van der Waals surface area contributed by atoms with Crippen molar-refractivity contribution in [3.63, 3.8) is 0 Å². The largest absolute Gasteiger partial charge is 0.496 e. The first-order chi connectivity index (χ1) is 7.13. The molecule has 0 amide bonds. The number of aliphatic carboxylic acids is 1. The summed E-state index contributed by atoms with van der Waals surface area (Å²) in [6.07, 6.45) is 0.155. The summed E-state index contributed by atoms with van der Waals surface area (Å²) in [4.78, 5) is 11.5. The van der Waals surface area contributed by atoms with Gasteiger partial charge in [0, 0.05) is 10.1 Å². The van der Waals surface area contributed by atoms with Crippen LogP contribution in [0.1, 0.15) is 13.3 Å². The highest BCUT2D eigenvalue weighted by atomic mass is 32.2. The van der Waals surface area contributed by atoms with Gasteiger partial charge < -0.3 is 9.84 Å². The Morgan fingerprint density at radius 1 is 1.53 bits per heavy atom. The Kier molecular flexibility index (Phi) is 4.49. The third-order valence-electron chi connectivity index (χ3n) is 1.86. The van der Waals surface area contributed by atoms with Crippen LogP contribution in [0.2, 0.25) is 0 Å². The fraction of sp³-hybridized carbons (Fsp3) is 0.364. The van der Waals surface area contributed by atoms with Crippen molar-refractivity contribution in [2.45, 2.75) is 23.5 Å². The van der Waals surface area contributed by atoms with Crippen LogP contribution < -0.4 is 4.74 Å². The van der Waals surface area contributed by atoms with Gasteiger partial charge in [0.25, 0.3) is 0 Å². The summed E-state index contributed by atoms with van der Waals surface area (Å²) in [7, 11) is 1.61. The highest BCUT2D eigenvalue weighted by Gasteiger charge is 2.11. The Morgan fingerprint density at radius 3 is 2.80 bits per heavy atom. The molecule has 0 heterocycles. The number of hydrogen-bond donors (Lipinski definition) is 1. The molecule has 1 aromatic carbocycles. The fourth-order valence-corrected chi connectivity index (χ4v) is 2.30. The van der Waals surface area contributed by atoms with Crippen LogP contribution in [0, 0.1) is 0 Å². The van der Waals surface area contributed by atoms with E-state index in [1.807, 2.05) is 31.2 Å². The van der Waals surface area contributed by atoms with E-state index in [1.165, 1.54) is 11.8 Å². The van der Waals surface area contributed by atoms with Gasteiger partial charge in [-0.15, -0.1) is 11.8 Å². The highest BCUT2D eigenvalue weighted by Crippen LogP contribution is 2.32. The minimum Gasteiger partial charge on any atom is -0.496 e. The highest BCUT2D eigenvalue weighted by molar-refractivity contribution is 8.00. The minimum atomic E-state index is -0.773. The van der Waals surface area contributed by atoms with Gasteiger partial charge in [0.2, 0.25) is 0 Å². The first-order valence-electron chi connectivity index (χ1n) is 4.65. The Bertz CT molecular complexity index is 338. The molecule has 4 heteroatoms. The predicted molar refractivity (Wildman–Crippen MR) is 60.6 cm³/mol. The van der Waals surface area contributed by atoms with Crippen LogP contribution in [0.3, 0.4) is 0 Å². The number of rotatable bonds is 5. The third kappa shape index (κ3) is 3.83. The molecule has 1 atom stereocenters. The van der Waals surface area contributed by atoms with Crippen LogP contribution in [-0.2, 0) is 4.79 Å². The van der Waals surface area contributed by atoms with E-state index in [0.717, 1.165) is 10.6 Å². The van der Waals surface area contributed by atoms with E-state index in [-0.39, 0.29) is 11.7 Å². The number of carbonyl (C=O) groups is 1. The van der Waals surface area contributed by atoms with E-state index in [0.29, 0.717) is 0 Å². The van der Waals surface area contributed by atoms with Crippen LogP contribution in [0.4, 0.5) is 0 Å². The van der Waals surface area contributed by atoms with Crippen molar-refractivity contribution >= 4 is 17.7 Å². The molecule has 0 saturated heterocycles. The zero-order valence-corrected chi connectivity index (χ0v) is 9.58. The molecule has 0 spiro atoms. The number of benzene rings is 1. The molecule has 0 unspecified atom stereocenters. The molecule has 1 rings (SSSR count). The number of hydrogen-bond acceptors (Lipinski definition) is 3. The van der Waals surface area contributed by atoms with E-state index in [1.54, 1.807) is 7.11 Å². The zero-order valence-electron chi connectivity index (χ0n) is 8.77. The number of methoxy groups -OCH3 is 1. The van der Waals surface area contributed by atoms with Gasteiger partial charge in [0.05, 0.1) is 13.5 Å². The second-order valence-corrected chi connectivity index (χ2v) is 4.66.